The van der Waals surface area contributed by atoms with E-state index in [9.17, 15) is 23.1 Å². The molecule has 0 spiro atoms. The van der Waals surface area contributed by atoms with E-state index in [1.165, 1.54) is 18.2 Å². The number of benzene rings is 1. The highest BCUT2D eigenvalue weighted by atomic mass is 19.4. The zero-order valence-corrected chi connectivity index (χ0v) is 11.0. The molecule has 0 radical (unpaired) electrons. The highest BCUT2D eigenvalue weighted by molar-refractivity contribution is 5.95. The lowest BCUT2D eigenvalue weighted by Crippen LogP contribution is -2.24. The van der Waals surface area contributed by atoms with Crippen LogP contribution in [-0.2, 0) is 0 Å². The number of carboxylic acid groups (broad SMARTS) is 1. The number of aromatic nitrogens is 1. The number of carbonyl (C=O) groups excluding carboxylic acids is 1. The van der Waals surface area contributed by atoms with Crippen molar-refractivity contribution in [1.82, 2.24) is 5.16 Å². The lowest BCUT2D eigenvalue weighted by molar-refractivity contribution is -0.274. The molecule has 1 aromatic carbocycles. The molecule has 0 aliphatic heterocycles. The topological polar surface area (TPSA) is 75.4 Å². The van der Waals surface area contributed by atoms with E-state index >= 15 is 0 Å². The number of nitrogens with zero attached hydrogens (tertiary/aromatic N) is 1. The standard InChI is InChI=1S/C14H10F3NO4/c15-14(16,17)21-9-4-2-1-3-8(9)11-10(13(19)20)12(22-18-11)7-5-6-7/h1-4,7H,5-6H2,(H,19,20)/p-1. The van der Waals surface area contributed by atoms with E-state index < -0.39 is 18.1 Å². The summed E-state index contributed by atoms with van der Waals surface area (Å²) in [5.41, 5.74) is -0.655. The first kappa shape index (κ1) is 14.4. The summed E-state index contributed by atoms with van der Waals surface area (Å²) in [6.07, 6.45) is -3.41. The van der Waals surface area contributed by atoms with Gasteiger partial charge in [-0.15, -0.1) is 13.2 Å². The maximum atomic E-state index is 12.4. The number of carboxylic acids is 1. The van der Waals surface area contributed by atoms with Crippen LogP contribution in [0.2, 0.25) is 0 Å². The van der Waals surface area contributed by atoms with Crippen LogP contribution in [0.3, 0.4) is 0 Å². The van der Waals surface area contributed by atoms with E-state index in [4.69, 9.17) is 4.52 Å². The van der Waals surface area contributed by atoms with Gasteiger partial charge in [-0.25, -0.2) is 0 Å². The van der Waals surface area contributed by atoms with Gasteiger partial charge >= 0.3 is 6.36 Å². The molecule has 1 heterocycles. The van der Waals surface area contributed by atoms with E-state index in [0.717, 1.165) is 18.9 Å². The third-order valence-corrected chi connectivity index (χ3v) is 3.24. The van der Waals surface area contributed by atoms with Crippen molar-refractivity contribution >= 4 is 5.97 Å². The molecule has 2 aromatic rings. The zero-order valence-electron chi connectivity index (χ0n) is 11.0. The Labute approximate surface area is 122 Å². The number of halogens is 3. The van der Waals surface area contributed by atoms with Gasteiger partial charge in [0.1, 0.15) is 17.2 Å². The largest absolute Gasteiger partial charge is 0.573 e. The molecule has 22 heavy (non-hydrogen) atoms. The molecule has 1 aliphatic carbocycles. The van der Waals surface area contributed by atoms with Crippen LogP contribution in [-0.4, -0.2) is 17.5 Å². The van der Waals surface area contributed by atoms with Crippen LogP contribution in [0, 0.1) is 0 Å². The van der Waals surface area contributed by atoms with Crippen molar-refractivity contribution in [3.8, 4) is 17.0 Å². The van der Waals surface area contributed by atoms with Crippen LogP contribution in [0.15, 0.2) is 28.8 Å². The van der Waals surface area contributed by atoms with Gasteiger partial charge in [0.05, 0.1) is 11.5 Å². The molecule has 0 unspecified atom stereocenters. The van der Waals surface area contributed by atoms with Crippen molar-refractivity contribution in [2.75, 3.05) is 0 Å². The van der Waals surface area contributed by atoms with Crippen molar-refractivity contribution in [3.05, 3.63) is 35.6 Å². The van der Waals surface area contributed by atoms with Crippen molar-refractivity contribution in [2.45, 2.75) is 25.1 Å². The minimum atomic E-state index is -4.90. The summed E-state index contributed by atoms with van der Waals surface area (Å²) < 4.78 is 46.3. The average molecular weight is 312 g/mol. The molecule has 0 N–H and O–H groups in total. The fourth-order valence-electron chi connectivity index (χ4n) is 2.18. The Morgan fingerprint density at radius 2 is 2.00 bits per heavy atom. The van der Waals surface area contributed by atoms with Crippen LogP contribution in [0.5, 0.6) is 5.75 Å². The molecule has 116 valence electrons. The van der Waals surface area contributed by atoms with Gasteiger partial charge in [0.2, 0.25) is 0 Å². The Balaban J connectivity index is 2.10. The number of alkyl halides is 3. The molecule has 0 atom stereocenters. The molecule has 0 bridgehead atoms. The number of ether oxygens (including phenoxy) is 1. The number of carbonyl (C=O) groups is 1. The van der Waals surface area contributed by atoms with Crippen molar-refractivity contribution in [3.63, 3.8) is 0 Å². The highest BCUT2D eigenvalue weighted by Gasteiger charge is 2.35. The summed E-state index contributed by atoms with van der Waals surface area (Å²) in [6, 6.07) is 5.14. The van der Waals surface area contributed by atoms with Gasteiger partial charge < -0.3 is 19.2 Å². The van der Waals surface area contributed by atoms with Crippen LogP contribution in [0.1, 0.15) is 34.9 Å². The summed E-state index contributed by atoms with van der Waals surface area (Å²) in [6.45, 7) is 0. The molecule has 8 heteroatoms. The van der Waals surface area contributed by atoms with Gasteiger partial charge in [-0.05, 0) is 25.0 Å². The van der Waals surface area contributed by atoms with E-state index in [1.807, 2.05) is 0 Å². The maximum Gasteiger partial charge on any atom is 0.573 e. The van der Waals surface area contributed by atoms with Gasteiger partial charge in [0.15, 0.2) is 0 Å². The molecule has 1 fully saturated rings. The SMILES string of the molecule is O=C([O-])c1c(-c2ccccc2OC(F)(F)F)noc1C1CC1. The van der Waals surface area contributed by atoms with E-state index in [-0.39, 0.29) is 28.5 Å². The van der Waals surface area contributed by atoms with Crippen molar-refractivity contribution < 1.29 is 32.3 Å². The minimum absolute atomic E-state index is 0.0788. The maximum absolute atomic E-state index is 12.4. The molecule has 0 amide bonds. The third-order valence-electron chi connectivity index (χ3n) is 3.24. The second-order valence-corrected chi connectivity index (χ2v) is 4.88. The van der Waals surface area contributed by atoms with Crippen molar-refractivity contribution in [1.29, 1.82) is 0 Å². The smallest absolute Gasteiger partial charge is 0.545 e. The van der Waals surface area contributed by atoms with Crippen LogP contribution in [0.25, 0.3) is 11.3 Å². The number of para-hydroxylation sites is 1. The number of rotatable bonds is 4. The number of hydrogen-bond acceptors (Lipinski definition) is 5. The van der Waals surface area contributed by atoms with Crippen LogP contribution >= 0.6 is 0 Å². The van der Waals surface area contributed by atoms with Gasteiger partial charge in [0.25, 0.3) is 0 Å². The van der Waals surface area contributed by atoms with E-state index in [2.05, 4.69) is 9.89 Å². The van der Waals surface area contributed by atoms with Crippen LogP contribution in [0.4, 0.5) is 13.2 Å². The fraction of sp³-hybridized carbons (Fsp3) is 0.286. The lowest BCUT2D eigenvalue weighted by atomic mass is 10.0. The quantitative estimate of drug-likeness (QED) is 0.867. The average Bonchev–Trinajstić information content (AvgIpc) is 3.16. The van der Waals surface area contributed by atoms with Gasteiger partial charge in [-0.3, -0.25) is 0 Å². The second kappa shape index (κ2) is 5.04. The molecule has 1 aliphatic rings. The van der Waals surface area contributed by atoms with E-state index in [1.54, 1.807) is 0 Å². The first-order valence-electron chi connectivity index (χ1n) is 6.43. The van der Waals surface area contributed by atoms with Crippen LogP contribution < -0.4 is 9.84 Å². The number of aromatic carboxylic acids is 1. The van der Waals surface area contributed by atoms with E-state index in [0.29, 0.717) is 0 Å². The fourth-order valence-corrected chi connectivity index (χ4v) is 2.18. The normalized spacial score (nSPS) is 14.9. The van der Waals surface area contributed by atoms with Crippen molar-refractivity contribution in [2.24, 2.45) is 0 Å². The summed E-state index contributed by atoms with van der Waals surface area (Å²) in [5.74, 6) is -2.03. The predicted molar refractivity (Wildman–Crippen MR) is 64.9 cm³/mol. The molecule has 5 nitrogen and oxygen atoms in total. The highest BCUT2D eigenvalue weighted by Crippen LogP contribution is 2.45. The molecule has 1 saturated carbocycles. The minimum Gasteiger partial charge on any atom is -0.545 e. The molecule has 3 rings (SSSR count). The number of hydrogen-bond donors (Lipinski definition) is 0. The molecule has 0 saturated heterocycles. The summed E-state index contributed by atoms with van der Waals surface area (Å²) in [5, 5.41) is 14.9. The predicted octanol–water partition coefficient (Wildman–Crippen LogP) is 2.48. The Bertz CT molecular complexity index is 719. The Hall–Kier alpha value is -2.51. The first-order valence-corrected chi connectivity index (χ1v) is 6.43. The lowest BCUT2D eigenvalue weighted by Gasteiger charge is -2.12. The Kier molecular flexibility index (Phi) is 3.31. The zero-order chi connectivity index (χ0) is 15.9. The second-order valence-electron chi connectivity index (χ2n) is 4.88. The summed E-state index contributed by atoms with van der Waals surface area (Å²) >= 11 is 0. The Morgan fingerprint density at radius 1 is 1.32 bits per heavy atom. The monoisotopic (exact) mass is 312 g/mol. The summed E-state index contributed by atoms with van der Waals surface area (Å²) in [4.78, 5) is 11.3. The third kappa shape index (κ3) is 2.76. The van der Waals surface area contributed by atoms with Gasteiger partial charge in [0, 0.05) is 11.5 Å². The molecular weight excluding hydrogens is 303 g/mol. The molecule has 1 aromatic heterocycles. The van der Waals surface area contributed by atoms with Gasteiger partial charge in [-0.2, -0.15) is 0 Å². The molecular formula is C14H9F3NO4-. The first-order chi connectivity index (χ1) is 10.4. The Morgan fingerprint density at radius 3 is 2.59 bits per heavy atom. The summed E-state index contributed by atoms with van der Waals surface area (Å²) in [7, 11) is 0. The van der Waals surface area contributed by atoms with Gasteiger partial charge in [-0.1, -0.05) is 17.3 Å².